The molecular weight excluding hydrogens is 360 g/mol. The fourth-order valence-corrected chi connectivity index (χ4v) is 3.00. The van der Waals surface area contributed by atoms with Gasteiger partial charge in [-0.1, -0.05) is 30.3 Å². The molecule has 7 nitrogen and oxygen atoms in total. The number of rotatable bonds is 8. The van der Waals surface area contributed by atoms with Crippen molar-refractivity contribution < 1.29 is 19.2 Å². The van der Waals surface area contributed by atoms with Crippen molar-refractivity contribution in [2.75, 3.05) is 6.61 Å². The molecule has 3 aromatic rings. The van der Waals surface area contributed by atoms with Crippen molar-refractivity contribution in [2.24, 2.45) is 0 Å². The maximum absolute atomic E-state index is 12.2. The van der Waals surface area contributed by atoms with Crippen LogP contribution in [0.1, 0.15) is 25.0 Å². The summed E-state index contributed by atoms with van der Waals surface area (Å²) in [4.78, 5) is 26.3. The molecule has 146 valence electrons. The number of nitrogens with zero attached hydrogens (tertiary/aromatic N) is 1. The molecule has 0 bridgehead atoms. The van der Waals surface area contributed by atoms with E-state index in [1.807, 2.05) is 48.5 Å². The number of aromatic nitrogens is 1. The molecule has 0 aliphatic rings. The van der Waals surface area contributed by atoms with E-state index in [4.69, 9.17) is 9.47 Å². The third-order valence-electron chi connectivity index (χ3n) is 4.64. The molecule has 7 heteroatoms. The number of H-pyrrole nitrogens is 1. The number of esters is 1. The summed E-state index contributed by atoms with van der Waals surface area (Å²) in [6.07, 6.45) is 1.60. The summed E-state index contributed by atoms with van der Waals surface area (Å²) in [6, 6.07) is 15.3. The van der Waals surface area contributed by atoms with E-state index < -0.39 is 16.4 Å². The summed E-state index contributed by atoms with van der Waals surface area (Å²) in [5, 5.41) is 12.4. The Morgan fingerprint density at radius 3 is 2.64 bits per heavy atom. The van der Waals surface area contributed by atoms with Gasteiger partial charge in [-0.15, -0.1) is 0 Å². The Balaban J connectivity index is 1.85. The van der Waals surface area contributed by atoms with Gasteiger partial charge < -0.3 is 14.5 Å². The lowest BCUT2D eigenvalue weighted by molar-refractivity contribution is -0.550. The molecule has 0 amide bonds. The number of nitrogens with one attached hydrogen (secondary N) is 1. The highest BCUT2D eigenvalue weighted by Gasteiger charge is 2.48. The zero-order chi connectivity index (χ0) is 20.1. The van der Waals surface area contributed by atoms with Crippen LogP contribution >= 0.6 is 0 Å². The minimum Gasteiger partial charge on any atom is -0.489 e. The minimum absolute atomic E-state index is 0.0824. The molecule has 3 rings (SSSR count). The number of carbonyl (C=O) groups excluding carboxylic acids is 1. The molecule has 1 heterocycles. The van der Waals surface area contributed by atoms with Crippen molar-refractivity contribution in [1.29, 1.82) is 0 Å². The first-order valence-electron chi connectivity index (χ1n) is 9.02. The van der Waals surface area contributed by atoms with Crippen LogP contribution in [0.3, 0.4) is 0 Å². The number of ether oxygens (including phenoxy) is 2. The standard InChI is InChI=1S/C21H22N2O5/c1-3-27-20(24)21(2,23(25)26)12-16-13-22-19-10-9-17(11-18(16)19)28-14-15-7-5-4-6-8-15/h4-11,13,22H,3,12,14H2,1-2H3. The van der Waals surface area contributed by atoms with Crippen molar-refractivity contribution >= 4 is 16.9 Å². The van der Waals surface area contributed by atoms with E-state index in [-0.39, 0.29) is 13.0 Å². The maximum Gasteiger partial charge on any atom is 0.384 e. The molecule has 0 saturated carbocycles. The Hall–Kier alpha value is -3.35. The Morgan fingerprint density at radius 2 is 1.96 bits per heavy atom. The summed E-state index contributed by atoms with van der Waals surface area (Å²) in [7, 11) is 0. The first kappa shape index (κ1) is 19.4. The summed E-state index contributed by atoms with van der Waals surface area (Å²) in [5.74, 6) is -0.193. The summed E-state index contributed by atoms with van der Waals surface area (Å²) in [6.45, 7) is 3.43. The van der Waals surface area contributed by atoms with Crippen molar-refractivity contribution in [3.8, 4) is 5.75 Å². The van der Waals surface area contributed by atoms with Gasteiger partial charge in [-0.05, 0) is 36.2 Å². The lowest BCUT2D eigenvalue weighted by Crippen LogP contribution is -2.46. The molecular formula is C21H22N2O5. The first-order valence-corrected chi connectivity index (χ1v) is 9.02. The number of fused-ring (bicyclic) bond motifs is 1. The highest BCUT2D eigenvalue weighted by Crippen LogP contribution is 2.28. The lowest BCUT2D eigenvalue weighted by Gasteiger charge is -2.18. The molecule has 1 N–H and O–H groups in total. The lowest BCUT2D eigenvalue weighted by atomic mass is 9.93. The number of hydrogen-bond donors (Lipinski definition) is 1. The second kappa shape index (κ2) is 8.12. The molecule has 1 unspecified atom stereocenters. The van der Waals surface area contributed by atoms with Crippen LogP contribution in [-0.4, -0.2) is 28.0 Å². The molecule has 0 radical (unpaired) electrons. The van der Waals surface area contributed by atoms with Gasteiger partial charge in [-0.2, -0.15) is 0 Å². The third kappa shape index (κ3) is 3.98. The molecule has 1 atom stereocenters. The zero-order valence-corrected chi connectivity index (χ0v) is 15.8. The van der Waals surface area contributed by atoms with Gasteiger partial charge in [0.2, 0.25) is 0 Å². The van der Waals surface area contributed by atoms with E-state index in [9.17, 15) is 14.9 Å². The summed E-state index contributed by atoms with van der Waals surface area (Å²) < 4.78 is 10.8. The number of benzene rings is 2. The normalized spacial score (nSPS) is 13.1. The van der Waals surface area contributed by atoms with Crippen molar-refractivity contribution in [2.45, 2.75) is 32.4 Å². The van der Waals surface area contributed by atoms with E-state index in [1.54, 1.807) is 13.1 Å². The molecule has 1 aromatic heterocycles. The van der Waals surface area contributed by atoms with E-state index in [2.05, 4.69) is 4.98 Å². The Labute approximate surface area is 162 Å². The maximum atomic E-state index is 12.2. The first-order chi connectivity index (χ1) is 13.4. The average molecular weight is 382 g/mol. The van der Waals surface area contributed by atoms with E-state index >= 15 is 0 Å². The molecule has 0 aliphatic carbocycles. The zero-order valence-electron chi connectivity index (χ0n) is 15.8. The van der Waals surface area contributed by atoms with Gasteiger partial charge in [-0.25, -0.2) is 4.79 Å². The van der Waals surface area contributed by atoms with Crippen molar-refractivity contribution in [3.05, 3.63) is 76.0 Å². The van der Waals surface area contributed by atoms with Crippen LogP contribution in [0.15, 0.2) is 54.7 Å². The Bertz CT molecular complexity index is 983. The second-order valence-corrected chi connectivity index (χ2v) is 6.72. The monoisotopic (exact) mass is 382 g/mol. The minimum atomic E-state index is -1.86. The fourth-order valence-electron chi connectivity index (χ4n) is 3.00. The number of nitro groups is 1. The van der Waals surface area contributed by atoms with E-state index in [0.717, 1.165) is 16.5 Å². The Morgan fingerprint density at radius 1 is 1.21 bits per heavy atom. The smallest absolute Gasteiger partial charge is 0.384 e. The number of aromatic amines is 1. The topological polar surface area (TPSA) is 94.5 Å². The second-order valence-electron chi connectivity index (χ2n) is 6.72. The largest absolute Gasteiger partial charge is 0.489 e. The van der Waals surface area contributed by atoms with Gasteiger partial charge in [0.1, 0.15) is 12.4 Å². The third-order valence-corrected chi connectivity index (χ3v) is 4.64. The average Bonchev–Trinajstić information content (AvgIpc) is 3.09. The van der Waals surface area contributed by atoms with Crippen LogP contribution in [0.5, 0.6) is 5.75 Å². The number of hydrogen-bond acceptors (Lipinski definition) is 5. The van der Waals surface area contributed by atoms with Crippen LogP contribution in [0.2, 0.25) is 0 Å². The quantitative estimate of drug-likeness (QED) is 0.362. The van der Waals surface area contributed by atoms with Gasteiger partial charge in [0.05, 0.1) is 13.0 Å². The highest BCUT2D eigenvalue weighted by atomic mass is 16.6. The van der Waals surface area contributed by atoms with Gasteiger partial charge >= 0.3 is 11.5 Å². The van der Waals surface area contributed by atoms with Gasteiger partial charge in [0, 0.05) is 28.9 Å². The number of carbonyl (C=O) groups is 1. The highest BCUT2D eigenvalue weighted by molar-refractivity contribution is 5.86. The molecule has 0 fully saturated rings. The molecule has 0 spiro atoms. The van der Waals surface area contributed by atoms with E-state index in [1.165, 1.54) is 6.92 Å². The van der Waals surface area contributed by atoms with Crippen LogP contribution in [0.4, 0.5) is 0 Å². The van der Waals surface area contributed by atoms with Gasteiger partial charge in [-0.3, -0.25) is 10.1 Å². The summed E-state index contributed by atoms with van der Waals surface area (Å²) in [5.41, 5.74) is 0.663. The van der Waals surface area contributed by atoms with Gasteiger partial charge in [0.25, 0.3) is 0 Å². The fraction of sp³-hybridized carbons (Fsp3) is 0.286. The van der Waals surface area contributed by atoms with Crippen molar-refractivity contribution in [1.82, 2.24) is 4.98 Å². The van der Waals surface area contributed by atoms with Crippen LogP contribution in [0, 0.1) is 10.1 Å². The molecule has 2 aromatic carbocycles. The van der Waals surface area contributed by atoms with Crippen LogP contribution < -0.4 is 4.74 Å². The van der Waals surface area contributed by atoms with E-state index in [0.29, 0.717) is 17.9 Å². The van der Waals surface area contributed by atoms with Crippen molar-refractivity contribution in [3.63, 3.8) is 0 Å². The molecule has 28 heavy (non-hydrogen) atoms. The van der Waals surface area contributed by atoms with Crippen LogP contribution in [0.25, 0.3) is 10.9 Å². The summed E-state index contributed by atoms with van der Waals surface area (Å²) >= 11 is 0. The van der Waals surface area contributed by atoms with Gasteiger partial charge in [0.15, 0.2) is 0 Å². The molecule has 0 aliphatic heterocycles. The van der Waals surface area contributed by atoms with Crippen LogP contribution in [-0.2, 0) is 22.6 Å². The predicted octanol–water partition coefficient (Wildman–Crippen LogP) is 3.89. The Kier molecular flexibility index (Phi) is 5.63. The SMILES string of the molecule is CCOC(=O)C(C)(Cc1c[nH]c2ccc(OCc3ccccc3)cc12)[N+](=O)[O-]. The molecule has 0 saturated heterocycles. The predicted molar refractivity (Wildman–Crippen MR) is 105 cm³/mol.